The summed E-state index contributed by atoms with van der Waals surface area (Å²) in [6, 6.07) is 1.30. The molecule has 0 atom stereocenters. The third kappa shape index (κ3) is 4.28. The Hall–Kier alpha value is -2.03. The highest BCUT2D eigenvalue weighted by Gasteiger charge is 2.22. The zero-order chi connectivity index (χ0) is 14.5. The van der Waals surface area contributed by atoms with Crippen LogP contribution in [0.4, 0.5) is 4.79 Å². The van der Waals surface area contributed by atoms with Crippen LogP contribution >= 0.6 is 0 Å². The summed E-state index contributed by atoms with van der Waals surface area (Å²) in [5, 5.41) is 1.83. The summed E-state index contributed by atoms with van der Waals surface area (Å²) in [4.78, 5) is 22.1. The van der Waals surface area contributed by atoms with E-state index >= 15 is 0 Å². The molecule has 1 rings (SSSR count). The van der Waals surface area contributed by atoms with Crippen LogP contribution in [0.25, 0.3) is 0 Å². The van der Waals surface area contributed by atoms with Crippen molar-refractivity contribution in [2.75, 3.05) is 6.54 Å². The highest BCUT2D eigenvalue weighted by atomic mass is 32.2. The second kappa shape index (κ2) is 6.23. The Morgan fingerprint density at radius 3 is 2.58 bits per heavy atom. The largest absolute Gasteiger partial charge is 0.438 e. The van der Waals surface area contributed by atoms with Crippen LogP contribution in [0.1, 0.15) is 30.3 Å². The molecule has 1 heterocycles. The number of rotatable bonds is 6. The predicted molar refractivity (Wildman–Crippen MR) is 65.9 cm³/mol. The maximum absolute atomic E-state index is 11.7. The molecule has 0 aromatic carbocycles. The lowest BCUT2D eigenvalue weighted by atomic mass is 10.3. The first-order chi connectivity index (χ1) is 8.86. The van der Waals surface area contributed by atoms with Crippen LogP contribution in [0.3, 0.4) is 0 Å². The molecule has 0 fully saturated rings. The number of unbranched alkanes of at least 4 members (excludes halogenated alkanes) is 1. The first kappa shape index (κ1) is 15.0. The molecular formula is C10H15N3O5S. The molecule has 19 heavy (non-hydrogen) atoms. The van der Waals surface area contributed by atoms with E-state index in [2.05, 4.69) is 5.32 Å². The lowest BCUT2D eigenvalue weighted by Gasteiger charge is -2.06. The summed E-state index contributed by atoms with van der Waals surface area (Å²) >= 11 is 0. The van der Waals surface area contributed by atoms with Gasteiger partial charge in [0.05, 0.1) is 0 Å². The van der Waals surface area contributed by atoms with Crippen LogP contribution in [0, 0.1) is 0 Å². The summed E-state index contributed by atoms with van der Waals surface area (Å²) in [5.74, 6) is -1.19. The summed E-state index contributed by atoms with van der Waals surface area (Å²) in [7, 11) is -4.15. The van der Waals surface area contributed by atoms with Crippen molar-refractivity contribution >= 4 is 22.0 Å². The number of nitrogens with one attached hydrogen (secondary N) is 2. The van der Waals surface area contributed by atoms with Gasteiger partial charge in [-0.15, -0.1) is 0 Å². The zero-order valence-corrected chi connectivity index (χ0v) is 11.1. The maximum atomic E-state index is 11.7. The number of sulfonamides is 1. The molecule has 0 saturated heterocycles. The molecule has 1 aromatic heterocycles. The number of urea groups is 1. The Labute approximate surface area is 110 Å². The lowest BCUT2D eigenvalue weighted by molar-refractivity contribution is 0.0969. The third-order valence-corrected chi connectivity index (χ3v) is 3.34. The molecule has 0 aliphatic rings. The molecule has 106 valence electrons. The van der Waals surface area contributed by atoms with Crippen LogP contribution in [0.5, 0.6) is 0 Å². The van der Waals surface area contributed by atoms with E-state index in [1.165, 1.54) is 0 Å². The fourth-order valence-corrected chi connectivity index (χ4v) is 2.05. The standard InChI is InChI=1S/C10H15N3O5S/c1-2-3-6-12-10(15)13-19(16,17)8-5-4-7(18-8)9(11)14/h4-5H,2-3,6H2,1H3,(H2,11,14)(H2,12,13,15). The third-order valence-electron chi connectivity index (χ3n) is 2.13. The Morgan fingerprint density at radius 2 is 2.05 bits per heavy atom. The van der Waals surface area contributed by atoms with Gasteiger partial charge in [0.1, 0.15) is 0 Å². The van der Waals surface area contributed by atoms with Crippen LogP contribution in [-0.2, 0) is 10.0 Å². The van der Waals surface area contributed by atoms with E-state index in [4.69, 9.17) is 10.2 Å². The number of carbonyl (C=O) groups is 2. The highest BCUT2D eigenvalue weighted by Crippen LogP contribution is 2.13. The number of furan rings is 1. The smallest absolute Gasteiger partial charge is 0.328 e. The van der Waals surface area contributed by atoms with E-state index in [0.29, 0.717) is 6.54 Å². The Bertz CT molecular complexity index is 563. The van der Waals surface area contributed by atoms with E-state index in [0.717, 1.165) is 25.0 Å². The minimum absolute atomic E-state index is 0.299. The maximum Gasteiger partial charge on any atom is 0.328 e. The molecule has 0 radical (unpaired) electrons. The molecule has 8 nitrogen and oxygen atoms in total. The molecule has 0 aliphatic carbocycles. The number of nitrogens with two attached hydrogens (primary N) is 1. The van der Waals surface area contributed by atoms with Gasteiger partial charge in [-0.1, -0.05) is 13.3 Å². The minimum Gasteiger partial charge on any atom is -0.438 e. The molecule has 1 aromatic rings. The average Bonchev–Trinajstić information content (AvgIpc) is 2.78. The van der Waals surface area contributed by atoms with Gasteiger partial charge in [-0.2, -0.15) is 8.42 Å². The highest BCUT2D eigenvalue weighted by molar-refractivity contribution is 7.89. The van der Waals surface area contributed by atoms with Crippen LogP contribution in [0.15, 0.2) is 21.6 Å². The quantitative estimate of drug-likeness (QED) is 0.642. The fourth-order valence-electron chi connectivity index (χ4n) is 1.18. The second-order valence-electron chi connectivity index (χ2n) is 3.70. The summed E-state index contributed by atoms with van der Waals surface area (Å²) in [5.41, 5.74) is 4.93. The summed E-state index contributed by atoms with van der Waals surface area (Å²) in [6.45, 7) is 2.30. The molecule has 0 aliphatic heterocycles. The van der Waals surface area contributed by atoms with Gasteiger partial charge < -0.3 is 15.5 Å². The fraction of sp³-hybridized carbons (Fsp3) is 0.400. The summed E-state index contributed by atoms with van der Waals surface area (Å²) in [6.07, 6.45) is 1.60. The molecule has 0 spiro atoms. The number of hydrogen-bond donors (Lipinski definition) is 3. The first-order valence-electron chi connectivity index (χ1n) is 5.57. The van der Waals surface area contributed by atoms with Gasteiger partial charge in [0, 0.05) is 6.54 Å². The van der Waals surface area contributed by atoms with Crippen LogP contribution in [0.2, 0.25) is 0 Å². The Balaban J connectivity index is 2.69. The minimum atomic E-state index is -4.15. The van der Waals surface area contributed by atoms with Crippen LogP contribution < -0.4 is 15.8 Å². The van der Waals surface area contributed by atoms with E-state index in [9.17, 15) is 18.0 Å². The molecule has 0 saturated carbocycles. The van der Waals surface area contributed by atoms with Gasteiger partial charge >= 0.3 is 6.03 Å². The van der Waals surface area contributed by atoms with E-state index < -0.39 is 27.1 Å². The van der Waals surface area contributed by atoms with Gasteiger partial charge in [0.2, 0.25) is 5.09 Å². The lowest BCUT2D eigenvalue weighted by Crippen LogP contribution is -2.39. The molecule has 9 heteroatoms. The van der Waals surface area contributed by atoms with Crippen LogP contribution in [-0.4, -0.2) is 26.9 Å². The SMILES string of the molecule is CCCCNC(=O)NS(=O)(=O)c1ccc(C(N)=O)o1. The van der Waals surface area contributed by atoms with Gasteiger partial charge in [0.25, 0.3) is 15.9 Å². The molecular weight excluding hydrogens is 274 g/mol. The monoisotopic (exact) mass is 289 g/mol. The topological polar surface area (TPSA) is 132 Å². The Morgan fingerprint density at radius 1 is 1.37 bits per heavy atom. The van der Waals surface area contributed by atoms with Crippen molar-refractivity contribution in [3.63, 3.8) is 0 Å². The summed E-state index contributed by atoms with van der Waals surface area (Å²) < 4.78 is 29.9. The van der Waals surface area contributed by atoms with Crippen molar-refractivity contribution in [2.24, 2.45) is 5.73 Å². The first-order valence-corrected chi connectivity index (χ1v) is 7.05. The van der Waals surface area contributed by atoms with Crippen molar-refractivity contribution in [1.29, 1.82) is 0 Å². The van der Waals surface area contributed by atoms with Gasteiger partial charge in [-0.25, -0.2) is 9.52 Å². The van der Waals surface area contributed by atoms with Crippen molar-refractivity contribution < 1.29 is 22.4 Å². The van der Waals surface area contributed by atoms with Crippen molar-refractivity contribution in [2.45, 2.75) is 24.9 Å². The number of amides is 3. The second-order valence-corrected chi connectivity index (χ2v) is 5.31. The number of primary amides is 1. The van der Waals surface area contributed by atoms with E-state index in [1.807, 2.05) is 6.92 Å². The molecule has 3 amide bonds. The zero-order valence-electron chi connectivity index (χ0n) is 10.3. The van der Waals surface area contributed by atoms with Gasteiger partial charge in [-0.3, -0.25) is 4.79 Å². The van der Waals surface area contributed by atoms with Crippen molar-refractivity contribution in [3.8, 4) is 0 Å². The van der Waals surface area contributed by atoms with Gasteiger partial charge in [0.15, 0.2) is 5.76 Å². The van der Waals surface area contributed by atoms with E-state index in [-0.39, 0.29) is 5.76 Å². The average molecular weight is 289 g/mol. The van der Waals surface area contributed by atoms with Crippen molar-refractivity contribution in [3.05, 3.63) is 17.9 Å². The van der Waals surface area contributed by atoms with E-state index in [1.54, 1.807) is 4.72 Å². The molecule has 0 bridgehead atoms. The predicted octanol–water partition coefficient (Wildman–Crippen LogP) is 0.166. The molecule has 4 N–H and O–H groups in total. The Kier molecular flexibility index (Phi) is 4.93. The number of hydrogen-bond acceptors (Lipinski definition) is 5. The normalized spacial score (nSPS) is 11.0. The molecule has 0 unspecified atom stereocenters. The number of carbonyl (C=O) groups excluding carboxylic acids is 2. The van der Waals surface area contributed by atoms with Gasteiger partial charge in [-0.05, 0) is 18.6 Å². The van der Waals surface area contributed by atoms with Crippen molar-refractivity contribution in [1.82, 2.24) is 10.0 Å².